The lowest BCUT2D eigenvalue weighted by Gasteiger charge is -2.05. The van der Waals surface area contributed by atoms with E-state index in [4.69, 9.17) is 0 Å². The van der Waals surface area contributed by atoms with Crippen molar-refractivity contribution in [2.75, 3.05) is 6.54 Å². The van der Waals surface area contributed by atoms with E-state index < -0.39 is 0 Å². The lowest BCUT2D eigenvalue weighted by molar-refractivity contribution is 0.0947. The number of amides is 1. The fraction of sp³-hybridized carbons (Fsp3) is 0.368. The van der Waals surface area contributed by atoms with Gasteiger partial charge in [0.15, 0.2) is 5.78 Å². The first-order valence-corrected chi connectivity index (χ1v) is 8.03. The molecule has 0 unspecified atom stereocenters. The van der Waals surface area contributed by atoms with Gasteiger partial charge in [-0.3, -0.25) is 9.59 Å². The van der Waals surface area contributed by atoms with Gasteiger partial charge in [-0.1, -0.05) is 30.3 Å². The topological polar surface area (TPSA) is 62.0 Å². The van der Waals surface area contributed by atoms with Crippen LogP contribution >= 0.6 is 0 Å². The van der Waals surface area contributed by atoms with Gasteiger partial charge < -0.3 is 10.3 Å². The quantitative estimate of drug-likeness (QED) is 0.606. The first-order chi connectivity index (χ1) is 11.0. The van der Waals surface area contributed by atoms with Gasteiger partial charge in [-0.25, -0.2) is 0 Å². The van der Waals surface area contributed by atoms with Gasteiger partial charge in [-0.15, -0.1) is 0 Å². The summed E-state index contributed by atoms with van der Waals surface area (Å²) in [6.45, 7) is 5.79. The fourth-order valence-electron chi connectivity index (χ4n) is 2.89. The standard InChI is InChI=1S/C19H24N2O2/c1-13-17(15(3)22)14(2)21-18(13)19(23)20-12-8-7-11-16-9-5-4-6-10-16/h4-6,9-10,21H,7-8,11-12H2,1-3H3,(H,20,23). The second kappa shape index (κ2) is 7.77. The minimum absolute atomic E-state index is 0.0156. The molecule has 0 aliphatic heterocycles. The molecule has 1 amide bonds. The third-order valence-corrected chi connectivity index (χ3v) is 4.04. The summed E-state index contributed by atoms with van der Waals surface area (Å²) in [5.74, 6) is -0.157. The summed E-state index contributed by atoms with van der Waals surface area (Å²) >= 11 is 0. The van der Waals surface area contributed by atoms with E-state index in [0.29, 0.717) is 17.8 Å². The Morgan fingerprint density at radius 2 is 1.78 bits per heavy atom. The number of H-pyrrole nitrogens is 1. The summed E-state index contributed by atoms with van der Waals surface area (Å²) in [6, 6.07) is 10.3. The number of nitrogens with one attached hydrogen (secondary N) is 2. The van der Waals surface area contributed by atoms with Crippen molar-refractivity contribution in [3.05, 3.63) is 58.4 Å². The number of Topliss-reactive ketones (excluding diaryl/α,β-unsaturated/α-hetero) is 1. The SMILES string of the molecule is CC(=O)c1c(C)[nH]c(C(=O)NCCCCc2ccccc2)c1C. The molecule has 0 bridgehead atoms. The van der Waals surface area contributed by atoms with Crippen LogP contribution in [0.25, 0.3) is 0 Å². The Labute approximate surface area is 137 Å². The molecule has 1 aromatic carbocycles. The van der Waals surface area contributed by atoms with Crippen molar-refractivity contribution in [2.45, 2.75) is 40.0 Å². The second-order valence-electron chi connectivity index (χ2n) is 5.88. The highest BCUT2D eigenvalue weighted by atomic mass is 16.2. The van der Waals surface area contributed by atoms with Gasteiger partial charge in [0, 0.05) is 17.8 Å². The molecule has 0 spiro atoms. The fourth-order valence-corrected chi connectivity index (χ4v) is 2.89. The van der Waals surface area contributed by atoms with E-state index in [-0.39, 0.29) is 11.7 Å². The average Bonchev–Trinajstić information content (AvgIpc) is 2.82. The van der Waals surface area contributed by atoms with Crippen LogP contribution < -0.4 is 5.32 Å². The van der Waals surface area contributed by atoms with E-state index in [1.54, 1.807) is 0 Å². The van der Waals surface area contributed by atoms with Gasteiger partial charge in [0.25, 0.3) is 5.91 Å². The molecule has 0 aliphatic carbocycles. The Kier molecular flexibility index (Phi) is 5.74. The molecule has 1 aromatic heterocycles. The van der Waals surface area contributed by atoms with Crippen LogP contribution in [0.2, 0.25) is 0 Å². The van der Waals surface area contributed by atoms with E-state index in [1.165, 1.54) is 12.5 Å². The Morgan fingerprint density at radius 1 is 1.09 bits per heavy atom. The van der Waals surface area contributed by atoms with Gasteiger partial charge in [0.2, 0.25) is 0 Å². The summed E-state index contributed by atoms with van der Waals surface area (Å²) in [6.07, 6.45) is 2.98. The molecule has 0 saturated carbocycles. The highest BCUT2D eigenvalue weighted by Crippen LogP contribution is 2.18. The van der Waals surface area contributed by atoms with E-state index in [0.717, 1.165) is 30.5 Å². The minimum Gasteiger partial charge on any atom is -0.354 e. The highest BCUT2D eigenvalue weighted by Gasteiger charge is 2.19. The smallest absolute Gasteiger partial charge is 0.268 e. The van der Waals surface area contributed by atoms with Crippen LogP contribution in [0.15, 0.2) is 30.3 Å². The number of aryl methyl sites for hydroxylation is 2. The van der Waals surface area contributed by atoms with Gasteiger partial charge in [0.1, 0.15) is 5.69 Å². The Morgan fingerprint density at radius 3 is 2.39 bits per heavy atom. The Bertz CT molecular complexity index is 687. The molecule has 0 aliphatic rings. The molecule has 0 saturated heterocycles. The number of ketones is 1. The maximum absolute atomic E-state index is 12.2. The zero-order valence-electron chi connectivity index (χ0n) is 14.0. The van der Waals surface area contributed by atoms with E-state index in [1.807, 2.05) is 32.0 Å². The summed E-state index contributed by atoms with van der Waals surface area (Å²) in [4.78, 5) is 26.9. The van der Waals surface area contributed by atoms with Crippen molar-refractivity contribution in [1.82, 2.24) is 10.3 Å². The van der Waals surface area contributed by atoms with Crippen LogP contribution in [-0.4, -0.2) is 23.2 Å². The summed E-state index contributed by atoms with van der Waals surface area (Å²) in [5.41, 5.74) is 3.93. The molecule has 23 heavy (non-hydrogen) atoms. The lowest BCUT2D eigenvalue weighted by Crippen LogP contribution is -2.25. The van der Waals surface area contributed by atoms with E-state index in [9.17, 15) is 9.59 Å². The highest BCUT2D eigenvalue weighted by molar-refractivity contribution is 6.02. The number of hydrogen-bond donors (Lipinski definition) is 2. The van der Waals surface area contributed by atoms with Crippen molar-refractivity contribution in [1.29, 1.82) is 0 Å². The molecule has 0 atom stereocenters. The van der Waals surface area contributed by atoms with Crippen LogP contribution in [0.1, 0.15) is 57.4 Å². The predicted octanol–water partition coefficient (Wildman–Crippen LogP) is 3.59. The van der Waals surface area contributed by atoms with E-state index >= 15 is 0 Å². The van der Waals surface area contributed by atoms with Crippen molar-refractivity contribution < 1.29 is 9.59 Å². The Hall–Kier alpha value is -2.36. The summed E-state index contributed by atoms with van der Waals surface area (Å²) < 4.78 is 0. The van der Waals surface area contributed by atoms with Gasteiger partial charge in [0.05, 0.1) is 0 Å². The molecule has 2 N–H and O–H groups in total. The van der Waals surface area contributed by atoms with Crippen molar-refractivity contribution >= 4 is 11.7 Å². The van der Waals surface area contributed by atoms with Crippen LogP contribution in [0, 0.1) is 13.8 Å². The van der Waals surface area contributed by atoms with Gasteiger partial charge in [-0.2, -0.15) is 0 Å². The predicted molar refractivity (Wildman–Crippen MR) is 92.0 cm³/mol. The maximum atomic E-state index is 12.2. The molecule has 2 aromatic rings. The lowest BCUT2D eigenvalue weighted by atomic mass is 10.1. The van der Waals surface area contributed by atoms with Crippen molar-refractivity contribution in [3.8, 4) is 0 Å². The van der Waals surface area contributed by atoms with E-state index in [2.05, 4.69) is 22.4 Å². The molecule has 4 nitrogen and oxygen atoms in total. The zero-order valence-corrected chi connectivity index (χ0v) is 14.0. The molecule has 1 heterocycles. The molecule has 2 rings (SSSR count). The number of aromatic nitrogens is 1. The molecule has 0 fully saturated rings. The number of aromatic amines is 1. The van der Waals surface area contributed by atoms with Crippen molar-refractivity contribution in [2.24, 2.45) is 0 Å². The third kappa shape index (κ3) is 4.31. The summed E-state index contributed by atoms with van der Waals surface area (Å²) in [5, 5.41) is 2.92. The number of carbonyl (C=O) groups is 2. The second-order valence-corrected chi connectivity index (χ2v) is 5.88. The maximum Gasteiger partial charge on any atom is 0.268 e. The van der Waals surface area contributed by atoms with Crippen LogP contribution in [0.3, 0.4) is 0 Å². The number of carbonyl (C=O) groups excluding carboxylic acids is 2. The van der Waals surface area contributed by atoms with Gasteiger partial charge >= 0.3 is 0 Å². The average molecular weight is 312 g/mol. The zero-order chi connectivity index (χ0) is 16.8. The molecule has 122 valence electrons. The molecular weight excluding hydrogens is 288 g/mol. The first-order valence-electron chi connectivity index (χ1n) is 8.03. The summed E-state index contributed by atoms with van der Waals surface area (Å²) in [7, 11) is 0. The molecule has 4 heteroatoms. The van der Waals surface area contributed by atoms with Crippen LogP contribution in [0.4, 0.5) is 0 Å². The Balaban J connectivity index is 1.81. The van der Waals surface area contributed by atoms with Crippen LogP contribution in [-0.2, 0) is 6.42 Å². The number of rotatable bonds is 7. The third-order valence-electron chi connectivity index (χ3n) is 4.04. The molecular formula is C19H24N2O2. The number of unbranched alkanes of at least 4 members (excludes halogenated alkanes) is 1. The van der Waals surface area contributed by atoms with Crippen molar-refractivity contribution in [3.63, 3.8) is 0 Å². The first kappa shape index (κ1) is 17.0. The normalized spacial score (nSPS) is 10.6. The largest absolute Gasteiger partial charge is 0.354 e. The number of hydrogen-bond acceptors (Lipinski definition) is 2. The number of benzene rings is 1. The monoisotopic (exact) mass is 312 g/mol. The van der Waals surface area contributed by atoms with Crippen LogP contribution in [0.5, 0.6) is 0 Å². The van der Waals surface area contributed by atoms with Gasteiger partial charge in [-0.05, 0) is 51.2 Å². The molecule has 0 radical (unpaired) electrons. The minimum atomic E-state index is -0.141.